The number of carboxylic acid groups (broad SMARTS) is 2. The number of amides is 12. The number of aliphatic carboxylic acids is 2. The molecular weight excluding hydrogens is 1550 g/mol. The SMILES string of the molecule is CCOC(=O)C(CCc1ccc(Cl)cc1)NC(C)C(=O)N1C(=O)N(C)CC1C(=O)O.CCOC(=O)C1CN(C)C(=O)N1C(=O)C(C)NC(CCc1ccccc1)C(=O)OC.COC(=O)C(CCc1ccccc1)NC(C)C(=O)N1C(=O)N(C)CC1C(=O)O.COC(=O)C(CCc1ccccc1)NC(C)C(=O)N1C(=O)N(C)CC1C(=O)OC. The summed E-state index contributed by atoms with van der Waals surface area (Å²) in [4.78, 5) is 205. The van der Waals surface area contributed by atoms with Crippen LogP contribution in [0.1, 0.15) is 89.5 Å². The van der Waals surface area contributed by atoms with Crippen molar-refractivity contribution in [2.24, 2.45) is 0 Å². The Bertz CT molecular complexity index is 4100. The normalized spacial score (nSPS) is 18.4. The maximum Gasteiger partial charge on any atom is 0.331 e. The lowest BCUT2D eigenvalue weighted by molar-refractivity contribution is -0.152. The average Bonchev–Trinajstić information content (AvgIpc) is 1.67. The van der Waals surface area contributed by atoms with Gasteiger partial charge in [-0.25, -0.2) is 58.0 Å². The van der Waals surface area contributed by atoms with E-state index in [2.05, 4.69) is 21.3 Å². The Morgan fingerprint density at radius 2 is 0.615 bits per heavy atom. The van der Waals surface area contributed by atoms with E-state index < -0.39 is 168 Å². The molecule has 4 heterocycles. The molecule has 638 valence electrons. The summed E-state index contributed by atoms with van der Waals surface area (Å²) in [7, 11) is 10.9. The van der Waals surface area contributed by atoms with Crippen LogP contribution in [0, 0.1) is 0 Å². The molecule has 4 fully saturated rings. The number of urea groups is 4. The minimum atomic E-state index is -1.27. The standard InChI is InChI=1S/C21H29N3O6.C20H26ClN3O6.C20H27N3O6.C19H25N3O6/c1-5-30-20(27)17-13-23(3)21(28)24(17)18(25)14(2)22-16(19(26)29-4)12-11-15-9-7-6-8-10-15;1-4-30-19(28)15(10-7-13-5-8-14(21)9-6-13)22-12(2)17(25)24-16(18(26)27)11-23(3)20(24)29;1-13(17(24)23-16(19(26)29-4)12-22(2)20(23)27)21-15(18(25)28-3)11-10-14-8-6-5-7-9-14;1-12(16(23)22-15(17(24)25)11-21(2)19(22)27)20-14(18(26)28-3)10-9-13-7-5-4-6-8-13/h6-10,14,16-17,22H,5,11-13H2,1-4H3;5-6,8-9,12,15-16,22H,4,7,10-11H2,1-3H3,(H,26,27);5-9,13,15-16,21H,10-12H2,1-4H3;4-8,12,14-15,20H,9-11H2,1-3H3,(H,24,25). The lowest BCUT2D eigenvalue weighted by atomic mass is 10.0. The summed E-state index contributed by atoms with van der Waals surface area (Å²) in [6.45, 7) is 9.67. The Labute approximate surface area is 683 Å². The van der Waals surface area contributed by atoms with Gasteiger partial charge in [0, 0.05) is 33.2 Å². The first-order chi connectivity index (χ1) is 55.5. The van der Waals surface area contributed by atoms with Gasteiger partial charge < -0.3 is 58.2 Å². The Morgan fingerprint density at radius 3 is 0.872 bits per heavy atom. The number of benzene rings is 4. The number of imide groups is 4. The van der Waals surface area contributed by atoms with Crippen LogP contribution in [0.2, 0.25) is 5.02 Å². The van der Waals surface area contributed by atoms with Crippen LogP contribution in [-0.4, -0.2) is 313 Å². The van der Waals surface area contributed by atoms with Crippen molar-refractivity contribution < 1.29 is 115 Å². The van der Waals surface area contributed by atoms with Gasteiger partial charge in [0.1, 0.15) is 24.2 Å². The molecule has 4 aliphatic rings. The summed E-state index contributed by atoms with van der Waals surface area (Å²) >= 11 is 5.89. The Hall–Kier alpha value is -11.5. The third kappa shape index (κ3) is 27.3. The Morgan fingerprint density at radius 1 is 0.368 bits per heavy atom. The number of halogens is 1. The van der Waals surface area contributed by atoms with Crippen molar-refractivity contribution in [3.8, 4) is 0 Å². The molecule has 12 unspecified atom stereocenters. The van der Waals surface area contributed by atoms with Crippen molar-refractivity contribution in [2.75, 3.05) is 96.0 Å². The molecule has 37 heteroatoms. The molecule has 0 saturated carbocycles. The molecule has 36 nitrogen and oxygen atoms in total. The molecule has 0 spiro atoms. The lowest BCUT2D eigenvalue weighted by Crippen LogP contribution is -2.55. The molecular formula is C80H107ClN12O24. The van der Waals surface area contributed by atoms with Gasteiger partial charge in [0.25, 0.3) is 0 Å². The van der Waals surface area contributed by atoms with E-state index in [4.69, 9.17) is 40.0 Å². The van der Waals surface area contributed by atoms with Crippen molar-refractivity contribution in [2.45, 2.75) is 165 Å². The first-order valence-electron chi connectivity index (χ1n) is 37.8. The van der Waals surface area contributed by atoms with Crippen LogP contribution in [0.5, 0.6) is 0 Å². The first-order valence-corrected chi connectivity index (χ1v) is 38.2. The fourth-order valence-corrected chi connectivity index (χ4v) is 13.1. The Balaban J connectivity index is 0.000000278. The van der Waals surface area contributed by atoms with Crippen LogP contribution in [0.4, 0.5) is 19.2 Å². The number of carbonyl (C=O) groups excluding carboxylic acids is 14. The first kappa shape index (κ1) is 96.1. The van der Waals surface area contributed by atoms with E-state index in [1.54, 1.807) is 39.8 Å². The van der Waals surface area contributed by atoms with E-state index >= 15 is 0 Å². The zero-order valence-electron chi connectivity index (χ0n) is 68.1. The minimum absolute atomic E-state index is 0.0540. The van der Waals surface area contributed by atoms with Crippen molar-refractivity contribution >= 4 is 107 Å². The van der Waals surface area contributed by atoms with Gasteiger partial charge in [0.2, 0.25) is 23.6 Å². The summed E-state index contributed by atoms with van der Waals surface area (Å²) < 4.78 is 29.3. The molecule has 6 N–H and O–H groups in total. The van der Waals surface area contributed by atoms with E-state index in [1.807, 2.05) is 103 Å². The number of aryl methyl sites for hydroxylation is 4. The number of methoxy groups -OCH3 is 4. The zero-order valence-corrected chi connectivity index (χ0v) is 68.9. The molecule has 8 rings (SSSR count). The molecule has 12 atom stereocenters. The second-order valence-electron chi connectivity index (χ2n) is 27.8. The number of ether oxygens (including phenoxy) is 6. The molecule has 0 aliphatic carbocycles. The highest BCUT2D eigenvalue weighted by atomic mass is 35.5. The predicted octanol–water partition coefficient (Wildman–Crippen LogP) is 3.55. The van der Waals surface area contributed by atoms with Crippen molar-refractivity contribution in [1.82, 2.24) is 60.5 Å². The number of likely N-dealkylation sites (N-methyl/N-ethyl adjacent to an activating group) is 4. The topological polar surface area (TPSA) is 443 Å². The lowest BCUT2D eigenvalue weighted by Gasteiger charge is -2.26. The molecule has 0 radical (unpaired) electrons. The summed E-state index contributed by atoms with van der Waals surface area (Å²) in [5.41, 5.74) is 4.08. The van der Waals surface area contributed by atoms with Gasteiger partial charge in [-0.2, -0.15) is 0 Å². The van der Waals surface area contributed by atoms with Gasteiger partial charge in [-0.1, -0.05) is 115 Å². The summed E-state index contributed by atoms with van der Waals surface area (Å²) in [5.74, 6) is -8.51. The van der Waals surface area contributed by atoms with Gasteiger partial charge in [0.05, 0.1) is 92.0 Å². The summed E-state index contributed by atoms with van der Waals surface area (Å²) in [5, 5.41) is 30.9. The summed E-state index contributed by atoms with van der Waals surface area (Å²) in [6.07, 6.45) is 3.84. The Kier molecular flexibility index (Phi) is 38.5. The van der Waals surface area contributed by atoms with Crippen LogP contribution < -0.4 is 21.3 Å². The molecule has 0 bridgehead atoms. The number of hydrogen-bond donors (Lipinski definition) is 6. The molecule has 117 heavy (non-hydrogen) atoms. The molecule has 4 aromatic rings. The van der Waals surface area contributed by atoms with Crippen LogP contribution in [0.3, 0.4) is 0 Å². The number of esters is 6. The number of hydrogen-bond acceptors (Lipinski definition) is 26. The van der Waals surface area contributed by atoms with Gasteiger partial charge in [-0.15, -0.1) is 0 Å². The van der Waals surface area contributed by atoms with Gasteiger partial charge >= 0.3 is 71.9 Å². The highest BCUT2D eigenvalue weighted by Crippen LogP contribution is 2.24. The minimum Gasteiger partial charge on any atom is -0.480 e. The zero-order chi connectivity index (χ0) is 87.1. The maximum atomic E-state index is 13.0. The number of nitrogens with one attached hydrogen (secondary N) is 4. The largest absolute Gasteiger partial charge is 0.480 e. The highest BCUT2D eigenvalue weighted by Gasteiger charge is 2.50. The van der Waals surface area contributed by atoms with Crippen molar-refractivity contribution in [1.29, 1.82) is 0 Å². The van der Waals surface area contributed by atoms with E-state index in [9.17, 15) is 86.9 Å². The molecule has 0 aromatic heterocycles. The number of carboxylic acids is 2. The van der Waals surface area contributed by atoms with E-state index in [0.29, 0.717) is 56.4 Å². The average molecular weight is 1660 g/mol. The quantitative estimate of drug-likeness (QED) is 0.0287. The van der Waals surface area contributed by atoms with E-state index in [0.717, 1.165) is 41.9 Å². The molecule has 12 amide bonds. The smallest absolute Gasteiger partial charge is 0.331 e. The monoisotopic (exact) mass is 1650 g/mol. The number of nitrogens with zero attached hydrogens (tertiary/aromatic N) is 8. The third-order valence-electron chi connectivity index (χ3n) is 19.4. The molecule has 4 aromatic carbocycles. The van der Waals surface area contributed by atoms with Crippen LogP contribution >= 0.6 is 11.6 Å². The number of carbonyl (C=O) groups is 16. The van der Waals surface area contributed by atoms with Crippen molar-refractivity contribution in [3.63, 3.8) is 0 Å². The highest BCUT2D eigenvalue weighted by molar-refractivity contribution is 6.30. The molecule has 4 saturated heterocycles. The second-order valence-corrected chi connectivity index (χ2v) is 28.3. The second kappa shape index (κ2) is 46.9. The summed E-state index contributed by atoms with van der Waals surface area (Å²) in [6, 6.07) is 22.1. The van der Waals surface area contributed by atoms with E-state index in [-0.39, 0.29) is 39.4 Å². The predicted molar refractivity (Wildman–Crippen MR) is 421 cm³/mol. The van der Waals surface area contributed by atoms with Crippen LogP contribution in [0.25, 0.3) is 0 Å². The van der Waals surface area contributed by atoms with Gasteiger partial charge in [0.15, 0.2) is 24.2 Å². The van der Waals surface area contributed by atoms with Gasteiger partial charge in [-0.3, -0.25) is 59.6 Å². The van der Waals surface area contributed by atoms with Crippen LogP contribution in [0.15, 0.2) is 115 Å². The van der Waals surface area contributed by atoms with Gasteiger partial charge in [-0.05, 0) is 127 Å². The molecule has 4 aliphatic heterocycles. The van der Waals surface area contributed by atoms with Crippen LogP contribution in [-0.2, 0) is 112 Å². The fourth-order valence-electron chi connectivity index (χ4n) is 13.0. The third-order valence-corrected chi connectivity index (χ3v) is 19.6. The number of rotatable bonds is 34. The van der Waals surface area contributed by atoms with E-state index in [1.165, 1.54) is 90.1 Å². The van der Waals surface area contributed by atoms with Crippen molar-refractivity contribution in [3.05, 3.63) is 143 Å². The fraction of sp³-hybridized carbons (Fsp3) is 0.500. The maximum absolute atomic E-state index is 13.0.